The summed E-state index contributed by atoms with van der Waals surface area (Å²) in [4.78, 5) is 24.7. The average Bonchev–Trinajstić information content (AvgIpc) is 2.59. The van der Waals surface area contributed by atoms with Crippen molar-refractivity contribution in [2.75, 3.05) is 5.32 Å². The molecule has 24 heavy (non-hydrogen) atoms. The van der Waals surface area contributed by atoms with Gasteiger partial charge in [-0.05, 0) is 42.6 Å². The van der Waals surface area contributed by atoms with E-state index in [0.29, 0.717) is 22.3 Å². The van der Waals surface area contributed by atoms with Crippen LogP contribution in [0.4, 0.5) is 5.69 Å². The SMILES string of the molecule is Cc1cc2ccccc2n(CC(=O)Nc2cccc(C#N)c2)c1=O. The Balaban J connectivity index is 1.92. The van der Waals surface area contributed by atoms with Gasteiger partial charge >= 0.3 is 0 Å². The number of amides is 1. The van der Waals surface area contributed by atoms with Crippen LogP contribution in [0.1, 0.15) is 11.1 Å². The second kappa shape index (κ2) is 6.39. The summed E-state index contributed by atoms with van der Waals surface area (Å²) in [6.07, 6.45) is 0. The third kappa shape index (κ3) is 3.03. The van der Waals surface area contributed by atoms with Gasteiger partial charge in [0.25, 0.3) is 5.56 Å². The molecule has 1 amide bonds. The number of pyridine rings is 1. The van der Waals surface area contributed by atoms with E-state index in [9.17, 15) is 9.59 Å². The first kappa shape index (κ1) is 15.5. The van der Waals surface area contributed by atoms with Gasteiger partial charge in [-0.1, -0.05) is 24.3 Å². The highest BCUT2D eigenvalue weighted by molar-refractivity contribution is 5.92. The van der Waals surface area contributed by atoms with E-state index in [1.54, 1.807) is 31.2 Å². The Bertz CT molecular complexity index is 1030. The number of aromatic nitrogens is 1. The second-order valence-electron chi connectivity index (χ2n) is 5.52. The largest absolute Gasteiger partial charge is 0.324 e. The minimum absolute atomic E-state index is 0.0855. The van der Waals surface area contributed by atoms with Crippen molar-refractivity contribution in [1.29, 1.82) is 5.26 Å². The molecule has 1 heterocycles. The second-order valence-corrected chi connectivity index (χ2v) is 5.52. The van der Waals surface area contributed by atoms with Crippen LogP contribution in [0.2, 0.25) is 0 Å². The Morgan fingerprint density at radius 1 is 1.17 bits per heavy atom. The normalized spacial score (nSPS) is 10.3. The maximum atomic E-state index is 12.4. The third-order valence-corrected chi connectivity index (χ3v) is 3.76. The summed E-state index contributed by atoms with van der Waals surface area (Å²) < 4.78 is 1.47. The lowest BCUT2D eigenvalue weighted by molar-refractivity contribution is -0.116. The molecule has 5 nitrogen and oxygen atoms in total. The molecule has 1 N–H and O–H groups in total. The summed E-state index contributed by atoms with van der Waals surface area (Å²) in [6, 6.07) is 18.0. The number of nitrogens with zero attached hydrogens (tertiary/aromatic N) is 2. The number of benzene rings is 2. The summed E-state index contributed by atoms with van der Waals surface area (Å²) in [5, 5.41) is 12.5. The van der Waals surface area contributed by atoms with Gasteiger partial charge in [-0.25, -0.2) is 0 Å². The highest BCUT2D eigenvalue weighted by atomic mass is 16.2. The van der Waals surface area contributed by atoms with Crippen LogP contribution in [0, 0.1) is 18.3 Å². The van der Waals surface area contributed by atoms with E-state index >= 15 is 0 Å². The van der Waals surface area contributed by atoms with Crippen molar-refractivity contribution in [1.82, 2.24) is 4.57 Å². The monoisotopic (exact) mass is 317 g/mol. The van der Waals surface area contributed by atoms with Gasteiger partial charge in [0.1, 0.15) is 6.54 Å². The molecule has 0 saturated carbocycles. The number of fused-ring (bicyclic) bond motifs is 1. The van der Waals surface area contributed by atoms with Crippen molar-refractivity contribution >= 4 is 22.5 Å². The number of anilines is 1. The third-order valence-electron chi connectivity index (χ3n) is 3.76. The average molecular weight is 317 g/mol. The number of carbonyl (C=O) groups excluding carboxylic acids is 1. The van der Waals surface area contributed by atoms with Crippen molar-refractivity contribution in [3.8, 4) is 6.07 Å². The Morgan fingerprint density at radius 3 is 2.75 bits per heavy atom. The summed E-state index contributed by atoms with van der Waals surface area (Å²) in [6.45, 7) is 1.65. The lowest BCUT2D eigenvalue weighted by Gasteiger charge is -2.12. The van der Waals surface area contributed by atoms with Gasteiger partial charge in [0, 0.05) is 11.3 Å². The molecule has 0 spiro atoms. The van der Waals surface area contributed by atoms with Gasteiger partial charge in [-0.3, -0.25) is 14.2 Å². The van der Waals surface area contributed by atoms with E-state index in [1.165, 1.54) is 4.57 Å². The highest BCUT2D eigenvalue weighted by Crippen LogP contribution is 2.14. The molecule has 0 saturated heterocycles. The van der Waals surface area contributed by atoms with E-state index in [-0.39, 0.29) is 18.0 Å². The van der Waals surface area contributed by atoms with E-state index in [1.807, 2.05) is 36.4 Å². The topological polar surface area (TPSA) is 74.9 Å². The van der Waals surface area contributed by atoms with Crippen LogP contribution in [0.3, 0.4) is 0 Å². The fourth-order valence-electron chi connectivity index (χ4n) is 2.64. The molecule has 0 aliphatic rings. The van der Waals surface area contributed by atoms with Crippen LogP contribution >= 0.6 is 0 Å². The molecule has 3 aromatic rings. The van der Waals surface area contributed by atoms with Crippen LogP contribution in [0.5, 0.6) is 0 Å². The first-order valence-corrected chi connectivity index (χ1v) is 7.47. The summed E-state index contributed by atoms with van der Waals surface area (Å²) in [5.74, 6) is -0.317. The van der Waals surface area contributed by atoms with Crippen LogP contribution in [-0.4, -0.2) is 10.5 Å². The minimum atomic E-state index is -0.317. The fourth-order valence-corrected chi connectivity index (χ4v) is 2.64. The molecular formula is C19H15N3O2. The van der Waals surface area contributed by atoms with Crippen molar-refractivity contribution in [3.05, 3.63) is 76.1 Å². The van der Waals surface area contributed by atoms with Gasteiger partial charge in [-0.2, -0.15) is 5.26 Å². The predicted molar refractivity (Wildman–Crippen MR) is 92.7 cm³/mol. The van der Waals surface area contributed by atoms with Crippen LogP contribution in [0.15, 0.2) is 59.4 Å². The maximum Gasteiger partial charge on any atom is 0.254 e. The number of aryl methyl sites for hydroxylation is 1. The smallest absolute Gasteiger partial charge is 0.254 e. The Hall–Kier alpha value is -3.39. The van der Waals surface area contributed by atoms with Crippen LogP contribution in [-0.2, 0) is 11.3 Å². The van der Waals surface area contributed by atoms with E-state index < -0.39 is 0 Å². The van der Waals surface area contributed by atoms with Crippen LogP contribution < -0.4 is 10.9 Å². The lowest BCUT2D eigenvalue weighted by atomic mass is 10.1. The number of carbonyl (C=O) groups is 1. The summed E-state index contributed by atoms with van der Waals surface area (Å²) in [5.41, 5.74) is 2.12. The molecule has 3 rings (SSSR count). The summed E-state index contributed by atoms with van der Waals surface area (Å²) >= 11 is 0. The van der Waals surface area contributed by atoms with Gasteiger partial charge in [-0.15, -0.1) is 0 Å². The van der Waals surface area contributed by atoms with Crippen molar-refractivity contribution < 1.29 is 4.79 Å². The van der Waals surface area contributed by atoms with Crippen molar-refractivity contribution in [3.63, 3.8) is 0 Å². The molecule has 2 aromatic carbocycles. The first-order valence-electron chi connectivity index (χ1n) is 7.47. The fraction of sp³-hybridized carbons (Fsp3) is 0.105. The van der Waals surface area contributed by atoms with E-state index in [0.717, 1.165) is 5.39 Å². The number of hydrogen-bond donors (Lipinski definition) is 1. The first-order chi connectivity index (χ1) is 11.6. The van der Waals surface area contributed by atoms with Gasteiger partial charge in [0.2, 0.25) is 5.91 Å². The summed E-state index contributed by atoms with van der Waals surface area (Å²) in [7, 11) is 0. The van der Waals surface area contributed by atoms with Crippen molar-refractivity contribution in [2.24, 2.45) is 0 Å². The number of nitrogens with one attached hydrogen (secondary N) is 1. The zero-order valence-corrected chi connectivity index (χ0v) is 13.1. The molecular weight excluding hydrogens is 302 g/mol. The lowest BCUT2D eigenvalue weighted by Crippen LogP contribution is -2.29. The zero-order chi connectivity index (χ0) is 17.1. The Labute approximate surface area is 138 Å². The number of para-hydroxylation sites is 1. The zero-order valence-electron chi connectivity index (χ0n) is 13.1. The van der Waals surface area contributed by atoms with E-state index in [4.69, 9.17) is 5.26 Å². The standard InChI is InChI=1S/C19H15N3O2/c1-13-9-15-6-2-3-8-17(15)22(19(13)24)12-18(23)21-16-7-4-5-14(10-16)11-20/h2-10H,12H2,1H3,(H,21,23). The van der Waals surface area contributed by atoms with E-state index in [2.05, 4.69) is 5.32 Å². The Morgan fingerprint density at radius 2 is 1.96 bits per heavy atom. The molecule has 118 valence electrons. The number of hydrogen-bond acceptors (Lipinski definition) is 3. The molecule has 0 aliphatic carbocycles. The Kier molecular flexibility index (Phi) is 4.13. The molecule has 0 radical (unpaired) electrons. The quantitative estimate of drug-likeness (QED) is 0.807. The molecule has 0 fully saturated rings. The van der Waals surface area contributed by atoms with Gasteiger partial charge < -0.3 is 5.32 Å². The molecule has 0 aliphatic heterocycles. The molecule has 0 bridgehead atoms. The number of nitriles is 1. The molecule has 1 aromatic heterocycles. The van der Waals surface area contributed by atoms with Gasteiger partial charge in [0.05, 0.1) is 17.1 Å². The molecule has 5 heteroatoms. The minimum Gasteiger partial charge on any atom is -0.324 e. The highest BCUT2D eigenvalue weighted by Gasteiger charge is 2.10. The molecule has 0 atom stereocenters. The molecule has 0 unspecified atom stereocenters. The maximum absolute atomic E-state index is 12.4. The predicted octanol–water partition coefficient (Wildman–Crippen LogP) is 2.82. The van der Waals surface area contributed by atoms with Crippen molar-refractivity contribution in [2.45, 2.75) is 13.5 Å². The number of rotatable bonds is 3. The van der Waals surface area contributed by atoms with Gasteiger partial charge in [0.15, 0.2) is 0 Å². The van der Waals surface area contributed by atoms with Crippen LogP contribution in [0.25, 0.3) is 10.9 Å².